The zero-order valence-corrected chi connectivity index (χ0v) is 26.0. The Morgan fingerprint density at radius 3 is 2.66 bits per heavy atom. The van der Waals surface area contributed by atoms with Crippen molar-refractivity contribution in [1.29, 1.82) is 0 Å². The number of allylic oxidation sites excluding steroid dienone is 2. The Morgan fingerprint density at radius 2 is 1.85 bits per heavy atom. The Bertz CT molecular complexity index is 1260. The van der Waals surface area contributed by atoms with Gasteiger partial charge in [-0.25, -0.2) is 4.79 Å². The molecule has 1 aromatic rings. The molecule has 6 fully saturated rings. The summed E-state index contributed by atoms with van der Waals surface area (Å²) in [4.78, 5) is 15.7. The number of benzene rings is 1. The number of amides is 1. The monoisotopic (exact) mass is 557 g/mol. The molecular weight excluding hydrogens is 506 g/mol. The minimum Gasteiger partial charge on any atom is -0.445 e. The van der Waals surface area contributed by atoms with E-state index in [9.17, 15) is 4.79 Å². The summed E-state index contributed by atoms with van der Waals surface area (Å²) in [5, 5.41) is 0. The number of hydrogen-bond acceptors (Lipinski definition) is 3. The van der Waals surface area contributed by atoms with Gasteiger partial charge in [0.15, 0.2) is 0 Å². The molecule has 8 rings (SSSR count). The molecule has 0 radical (unpaired) electrons. The lowest BCUT2D eigenvalue weighted by atomic mass is 9.55. The van der Waals surface area contributed by atoms with Gasteiger partial charge in [-0.1, -0.05) is 76.6 Å². The van der Waals surface area contributed by atoms with Gasteiger partial charge < -0.3 is 14.4 Å². The maximum atomic E-state index is 13.6. The van der Waals surface area contributed by atoms with Crippen molar-refractivity contribution in [2.75, 3.05) is 6.54 Å². The van der Waals surface area contributed by atoms with Crippen LogP contribution in [0.5, 0.6) is 0 Å². The highest BCUT2D eigenvalue weighted by atomic mass is 16.6. The summed E-state index contributed by atoms with van der Waals surface area (Å²) in [5.41, 5.74) is 3.80. The smallest absolute Gasteiger partial charge is 0.410 e. The van der Waals surface area contributed by atoms with Crippen LogP contribution in [0.15, 0.2) is 42.0 Å². The van der Waals surface area contributed by atoms with Gasteiger partial charge in [-0.2, -0.15) is 0 Å². The van der Waals surface area contributed by atoms with Crippen LogP contribution in [0.1, 0.15) is 98.0 Å². The molecule has 4 heteroatoms. The lowest BCUT2D eigenvalue weighted by Crippen LogP contribution is -2.56. The summed E-state index contributed by atoms with van der Waals surface area (Å²) in [6.45, 7) is 13.5. The van der Waals surface area contributed by atoms with Crippen molar-refractivity contribution in [2.45, 2.75) is 117 Å². The number of likely N-dealkylation sites (tertiary alicyclic amines) is 1. The first-order valence-corrected chi connectivity index (χ1v) is 17.0. The average Bonchev–Trinajstić information content (AvgIpc) is 3.30. The van der Waals surface area contributed by atoms with Gasteiger partial charge in [-0.3, -0.25) is 0 Å². The zero-order chi connectivity index (χ0) is 28.4. The fourth-order valence-corrected chi connectivity index (χ4v) is 12.5. The molecule has 1 aromatic carbocycles. The number of rotatable bonds is 2. The molecule has 0 bridgehead atoms. The second kappa shape index (κ2) is 8.87. The number of fused-ring (bicyclic) bond motifs is 6. The number of carbonyl (C=O) groups excluding carboxylic acids is 1. The maximum absolute atomic E-state index is 13.6. The standard InChI is InChI=1S/C37H51NO3/c1-23-13-15-34(4)27(17-23)11-12-28-29-14-16-37(35(5)22-36(29,35)19-30(28)34)25(3)32-31(41-37)18-24(2)20-38(32)33(39)40-21-26-9-7-6-8-10-26/h6-11,23-25,28-32H,12-22H2,1-5H3/t23-,24-,25+,28-,29-,30-,31+,32-,34-,35+,36+,37+/m0/s1. The quantitative estimate of drug-likeness (QED) is 0.343. The predicted octanol–water partition coefficient (Wildman–Crippen LogP) is 8.41. The summed E-state index contributed by atoms with van der Waals surface area (Å²) in [6, 6.07) is 10.2. The van der Waals surface area contributed by atoms with Crippen LogP contribution in [0.2, 0.25) is 0 Å². The largest absolute Gasteiger partial charge is 0.445 e. The lowest BCUT2D eigenvalue weighted by Gasteiger charge is -2.50. The van der Waals surface area contributed by atoms with Crippen LogP contribution >= 0.6 is 0 Å². The van der Waals surface area contributed by atoms with Gasteiger partial charge in [0, 0.05) is 17.9 Å². The molecule has 1 amide bonds. The van der Waals surface area contributed by atoms with Gasteiger partial charge >= 0.3 is 6.09 Å². The van der Waals surface area contributed by atoms with E-state index in [0.717, 1.165) is 42.2 Å². The summed E-state index contributed by atoms with van der Waals surface area (Å²) in [7, 11) is 0. The van der Waals surface area contributed by atoms with Crippen molar-refractivity contribution < 1.29 is 14.3 Å². The second-order valence-electron chi connectivity index (χ2n) is 16.4. The molecule has 2 heterocycles. The van der Waals surface area contributed by atoms with E-state index in [0.29, 0.717) is 29.3 Å². The Kier molecular flexibility index (Phi) is 5.79. The summed E-state index contributed by atoms with van der Waals surface area (Å²) >= 11 is 0. The molecule has 0 unspecified atom stereocenters. The fraction of sp³-hybridized carbons (Fsp3) is 0.757. The van der Waals surface area contributed by atoms with Gasteiger partial charge in [-0.15, -0.1) is 0 Å². The fourth-order valence-electron chi connectivity index (χ4n) is 12.5. The Hall–Kier alpha value is -1.81. The van der Waals surface area contributed by atoms with Crippen molar-refractivity contribution in [2.24, 2.45) is 51.8 Å². The molecule has 7 aliphatic rings. The molecule has 12 atom stereocenters. The number of piperidine rings is 1. The Balaban J connectivity index is 1.06. The highest BCUT2D eigenvalue weighted by Crippen LogP contribution is 2.87. The molecule has 222 valence electrons. The molecule has 5 aliphatic carbocycles. The van der Waals surface area contributed by atoms with E-state index in [2.05, 4.69) is 45.6 Å². The van der Waals surface area contributed by atoms with Crippen molar-refractivity contribution in [3.8, 4) is 0 Å². The number of hydrogen-bond donors (Lipinski definition) is 0. The zero-order valence-electron chi connectivity index (χ0n) is 26.0. The van der Waals surface area contributed by atoms with Crippen molar-refractivity contribution in [3.63, 3.8) is 0 Å². The Labute approximate surface area is 247 Å². The minimum absolute atomic E-state index is 0.118. The van der Waals surface area contributed by atoms with E-state index in [1.165, 1.54) is 51.4 Å². The first-order chi connectivity index (χ1) is 19.6. The average molecular weight is 558 g/mol. The third kappa shape index (κ3) is 3.46. The first-order valence-electron chi connectivity index (χ1n) is 17.0. The van der Waals surface area contributed by atoms with Crippen LogP contribution in [0.25, 0.3) is 0 Å². The highest BCUT2D eigenvalue weighted by Gasteiger charge is 2.84. The summed E-state index contributed by atoms with van der Waals surface area (Å²) in [5.74, 6) is 4.16. The molecule has 4 saturated carbocycles. The van der Waals surface area contributed by atoms with Crippen LogP contribution in [0, 0.1) is 51.8 Å². The third-order valence-electron chi connectivity index (χ3n) is 14.6. The van der Waals surface area contributed by atoms with Crippen LogP contribution < -0.4 is 0 Å². The third-order valence-corrected chi connectivity index (χ3v) is 14.6. The first kappa shape index (κ1) is 26.8. The van der Waals surface area contributed by atoms with Crippen LogP contribution in [0.3, 0.4) is 0 Å². The van der Waals surface area contributed by atoms with E-state index in [1.807, 2.05) is 30.3 Å². The van der Waals surface area contributed by atoms with Crippen LogP contribution in [0.4, 0.5) is 4.79 Å². The molecular formula is C37H51NO3. The van der Waals surface area contributed by atoms with Gasteiger partial charge in [0.1, 0.15) is 6.61 Å². The molecule has 0 aromatic heterocycles. The topological polar surface area (TPSA) is 38.8 Å². The van der Waals surface area contributed by atoms with E-state index >= 15 is 0 Å². The number of nitrogens with zero attached hydrogens (tertiary/aromatic N) is 1. The highest BCUT2D eigenvalue weighted by molar-refractivity contribution is 5.68. The van der Waals surface area contributed by atoms with Crippen LogP contribution in [-0.4, -0.2) is 35.3 Å². The number of carbonyl (C=O) groups is 1. The summed E-state index contributed by atoms with van der Waals surface area (Å²) < 4.78 is 13.4. The van der Waals surface area contributed by atoms with Gasteiger partial charge in [0.25, 0.3) is 0 Å². The number of ether oxygens (including phenoxy) is 2. The predicted molar refractivity (Wildman–Crippen MR) is 161 cm³/mol. The molecule has 41 heavy (non-hydrogen) atoms. The van der Waals surface area contributed by atoms with Gasteiger partial charge in [-0.05, 0) is 104 Å². The van der Waals surface area contributed by atoms with Crippen molar-refractivity contribution >= 4 is 6.09 Å². The van der Waals surface area contributed by atoms with Crippen molar-refractivity contribution in [3.05, 3.63) is 47.5 Å². The lowest BCUT2D eigenvalue weighted by molar-refractivity contribution is -0.147. The van der Waals surface area contributed by atoms with Gasteiger partial charge in [0.05, 0.1) is 17.7 Å². The normalized spacial score (nSPS) is 51.1. The molecule has 0 N–H and O–H groups in total. The molecule has 4 nitrogen and oxygen atoms in total. The maximum Gasteiger partial charge on any atom is 0.410 e. The Morgan fingerprint density at radius 1 is 1.05 bits per heavy atom. The molecule has 2 aliphatic heterocycles. The van der Waals surface area contributed by atoms with Gasteiger partial charge in [0.2, 0.25) is 0 Å². The summed E-state index contributed by atoms with van der Waals surface area (Å²) in [6.07, 6.45) is 14.4. The second-order valence-corrected chi connectivity index (χ2v) is 16.4. The molecule has 2 spiro atoms. The minimum atomic E-state index is -0.155. The molecule has 2 saturated heterocycles. The SMILES string of the molecule is C[C@H]1CC[C@@]2(C)C(=CC[C@H]3[C@@H]4CC[C@]5(O[C@@H]6C[C@H](C)CN(C(=O)OCc7ccccc7)[C@H]6[C@H]5C)[C@]5(C)C[C@]45C[C@@H]32)C1. The van der Waals surface area contributed by atoms with E-state index < -0.39 is 0 Å². The van der Waals surface area contributed by atoms with Crippen LogP contribution in [-0.2, 0) is 16.1 Å². The van der Waals surface area contributed by atoms with Crippen molar-refractivity contribution in [1.82, 2.24) is 4.90 Å². The van der Waals surface area contributed by atoms with E-state index in [-0.39, 0.29) is 29.3 Å². The van der Waals surface area contributed by atoms with E-state index in [4.69, 9.17) is 9.47 Å². The van der Waals surface area contributed by atoms with E-state index in [1.54, 1.807) is 5.57 Å².